The molecule has 0 saturated heterocycles. The van der Waals surface area contributed by atoms with Gasteiger partial charge in [-0.25, -0.2) is 8.78 Å². The highest BCUT2D eigenvalue weighted by Crippen LogP contribution is 2.24. The minimum absolute atomic E-state index is 0.172. The molecule has 0 spiro atoms. The molecule has 0 bridgehead atoms. The Morgan fingerprint density at radius 3 is 2.12 bits per heavy atom. The molecule has 3 heteroatoms. The summed E-state index contributed by atoms with van der Waals surface area (Å²) in [5, 5.41) is 3.24. The lowest BCUT2D eigenvalue weighted by atomic mass is 9.81. The van der Waals surface area contributed by atoms with E-state index in [-0.39, 0.29) is 5.41 Å². The monoisotopic (exact) mass is 241 g/mol. The molecular formula is C14H21F2N. The third kappa shape index (κ3) is 4.43. The van der Waals surface area contributed by atoms with Gasteiger partial charge >= 0.3 is 0 Å². The molecule has 0 aliphatic heterocycles. The molecule has 0 aliphatic rings. The first-order valence-electron chi connectivity index (χ1n) is 5.97. The summed E-state index contributed by atoms with van der Waals surface area (Å²) in [6.45, 7) is 10.0. The number of benzene rings is 1. The van der Waals surface area contributed by atoms with Crippen LogP contribution in [0, 0.1) is 23.0 Å². The molecule has 0 aromatic heterocycles. The van der Waals surface area contributed by atoms with Crippen LogP contribution >= 0.6 is 0 Å². The van der Waals surface area contributed by atoms with Gasteiger partial charge in [-0.2, -0.15) is 0 Å². The van der Waals surface area contributed by atoms with Crippen molar-refractivity contribution in [1.29, 1.82) is 0 Å². The van der Waals surface area contributed by atoms with Gasteiger partial charge in [-0.3, -0.25) is 0 Å². The summed E-state index contributed by atoms with van der Waals surface area (Å²) in [5.74, 6) is -0.492. The van der Waals surface area contributed by atoms with Crippen molar-refractivity contribution >= 4 is 0 Å². The lowest BCUT2D eigenvalue weighted by molar-refractivity contribution is 0.238. The van der Waals surface area contributed by atoms with Crippen molar-refractivity contribution in [1.82, 2.24) is 5.32 Å². The second-order valence-electron chi connectivity index (χ2n) is 5.52. The Kier molecular flexibility index (Phi) is 4.63. The first kappa shape index (κ1) is 14.1. The van der Waals surface area contributed by atoms with E-state index in [0.29, 0.717) is 18.0 Å². The molecular weight excluding hydrogens is 220 g/mol. The highest BCUT2D eigenvalue weighted by Gasteiger charge is 2.21. The number of nitrogens with one attached hydrogen (secondary N) is 1. The van der Waals surface area contributed by atoms with Crippen molar-refractivity contribution in [3.05, 3.63) is 35.4 Å². The Morgan fingerprint density at radius 2 is 1.65 bits per heavy atom. The van der Waals surface area contributed by atoms with Crippen molar-refractivity contribution < 1.29 is 8.78 Å². The van der Waals surface area contributed by atoms with E-state index in [1.807, 2.05) is 0 Å². The van der Waals surface area contributed by atoms with E-state index in [4.69, 9.17) is 0 Å². The van der Waals surface area contributed by atoms with Crippen LogP contribution in [-0.2, 0) is 6.54 Å². The average Bonchev–Trinajstić information content (AvgIpc) is 2.15. The average molecular weight is 241 g/mol. The zero-order valence-electron chi connectivity index (χ0n) is 11.0. The lowest BCUT2D eigenvalue weighted by Crippen LogP contribution is -2.33. The zero-order chi connectivity index (χ0) is 13.1. The third-order valence-electron chi connectivity index (χ3n) is 3.40. The van der Waals surface area contributed by atoms with Crippen LogP contribution in [0.3, 0.4) is 0 Å². The second kappa shape index (κ2) is 5.58. The predicted molar refractivity (Wildman–Crippen MR) is 66.7 cm³/mol. The maximum Gasteiger partial charge on any atom is 0.126 e. The van der Waals surface area contributed by atoms with Gasteiger partial charge in [0, 0.05) is 19.2 Å². The molecule has 1 N–H and O–H groups in total. The maximum atomic E-state index is 12.9. The second-order valence-corrected chi connectivity index (χ2v) is 5.52. The Labute approximate surface area is 102 Å². The lowest BCUT2D eigenvalue weighted by Gasteiger charge is -2.29. The van der Waals surface area contributed by atoms with Crippen LogP contribution in [0.25, 0.3) is 0 Å². The summed E-state index contributed by atoms with van der Waals surface area (Å²) >= 11 is 0. The van der Waals surface area contributed by atoms with E-state index in [2.05, 4.69) is 33.0 Å². The van der Waals surface area contributed by atoms with Crippen LogP contribution in [0.1, 0.15) is 33.3 Å². The van der Waals surface area contributed by atoms with Crippen molar-refractivity contribution in [2.24, 2.45) is 11.3 Å². The van der Waals surface area contributed by atoms with E-state index in [0.717, 1.165) is 12.6 Å². The summed E-state index contributed by atoms with van der Waals surface area (Å²) in [6, 6.07) is 3.61. The van der Waals surface area contributed by atoms with E-state index >= 15 is 0 Å². The molecule has 1 aromatic carbocycles. The van der Waals surface area contributed by atoms with E-state index in [1.54, 1.807) is 0 Å². The Hall–Kier alpha value is -0.960. The Morgan fingerprint density at radius 1 is 1.12 bits per heavy atom. The summed E-state index contributed by atoms with van der Waals surface area (Å²) in [6.07, 6.45) is 0. The third-order valence-corrected chi connectivity index (χ3v) is 3.40. The summed E-state index contributed by atoms with van der Waals surface area (Å²) in [7, 11) is 0. The Balaban J connectivity index is 2.51. The molecule has 1 aromatic rings. The van der Waals surface area contributed by atoms with Gasteiger partial charge in [-0.15, -0.1) is 0 Å². The normalized spacial score (nSPS) is 12.2. The van der Waals surface area contributed by atoms with Crippen LogP contribution in [0.15, 0.2) is 18.2 Å². The van der Waals surface area contributed by atoms with Crippen molar-refractivity contribution in [3.8, 4) is 0 Å². The smallest absolute Gasteiger partial charge is 0.126 e. The number of hydrogen-bond acceptors (Lipinski definition) is 1. The first-order valence-corrected chi connectivity index (χ1v) is 5.97. The van der Waals surface area contributed by atoms with E-state index in [9.17, 15) is 8.78 Å². The highest BCUT2D eigenvalue weighted by atomic mass is 19.1. The number of halogens is 2. The molecule has 0 radical (unpaired) electrons. The van der Waals surface area contributed by atoms with Crippen molar-refractivity contribution in [3.63, 3.8) is 0 Å². The molecule has 0 heterocycles. The van der Waals surface area contributed by atoms with Gasteiger partial charge in [0.1, 0.15) is 11.6 Å². The number of hydrogen-bond donors (Lipinski definition) is 1. The van der Waals surface area contributed by atoms with Gasteiger partial charge in [-0.05, 0) is 29.0 Å². The quantitative estimate of drug-likeness (QED) is 0.828. The molecule has 0 aliphatic carbocycles. The fraction of sp³-hybridized carbons (Fsp3) is 0.571. The predicted octanol–water partition coefficient (Wildman–Crippen LogP) is 3.74. The fourth-order valence-electron chi connectivity index (χ4n) is 1.45. The molecule has 0 amide bonds. The molecule has 1 rings (SSSR count). The molecule has 0 unspecified atom stereocenters. The van der Waals surface area contributed by atoms with Crippen LogP contribution in [-0.4, -0.2) is 6.54 Å². The fourth-order valence-corrected chi connectivity index (χ4v) is 1.45. The molecule has 0 saturated carbocycles. The van der Waals surface area contributed by atoms with Gasteiger partial charge in [0.05, 0.1) is 0 Å². The molecule has 0 fully saturated rings. The molecule has 1 nitrogen and oxygen atoms in total. The highest BCUT2D eigenvalue weighted by molar-refractivity contribution is 5.17. The van der Waals surface area contributed by atoms with Gasteiger partial charge in [-0.1, -0.05) is 27.7 Å². The molecule has 96 valence electrons. The van der Waals surface area contributed by atoms with Gasteiger partial charge < -0.3 is 5.32 Å². The summed E-state index contributed by atoms with van der Waals surface area (Å²) in [4.78, 5) is 0. The number of rotatable bonds is 5. The molecule has 0 atom stereocenters. The SMILES string of the molecule is CC(C)C(C)(C)CNCc1cc(F)cc(F)c1. The largest absolute Gasteiger partial charge is 0.312 e. The Bertz CT molecular complexity index is 352. The summed E-state index contributed by atoms with van der Waals surface area (Å²) in [5.41, 5.74) is 0.813. The van der Waals surface area contributed by atoms with Gasteiger partial charge in [0.25, 0.3) is 0 Å². The minimum Gasteiger partial charge on any atom is -0.312 e. The minimum atomic E-state index is -0.523. The zero-order valence-corrected chi connectivity index (χ0v) is 11.0. The van der Waals surface area contributed by atoms with Crippen LogP contribution in [0.5, 0.6) is 0 Å². The van der Waals surface area contributed by atoms with Crippen molar-refractivity contribution in [2.75, 3.05) is 6.54 Å². The van der Waals surface area contributed by atoms with Crippen LogP contribution < -0.4 is 5.32 Å². The van der Waals surface area contributed by atoms with Gasteiger partial charge in [0.15, 0.2) is 0 Å². The van der Waals surface area contributed by atoms with E-state index < -0.39 is 11.6 Å². The topological polar surface area (TPSA) is 12.0 Å². The van der Waals surface area contributed by atoms with Crippen molar-refractivity contribution in [2.45, 2.75) is 34.2 Å². The van der Waals surface area contributed by atoms with Crippen LogP contribution in [0.2, 0.25) is 0 Å². The van der Waals surface area contributed by atoms with E-state index in [1.165, 1.54) is 12.1 Å². The first-order chi connectivity index (χ1) is 7.81. The maximum absolute atomic E-state index is 12.9. The van der Waals surface area contributed by atoms with Crippen LogP contribution in [0.4, 0.5) is 8.78 Å². The summed E-state index contributed by atoms with van der Waals surface area (Å²) < 4.78 is 25.9. The molecule has 17 heavy (non-hydrogen) atoms. The standard InChI is InChI=1S/C14H21F2N/c1-10(2)14(3,4)9-17-8-11-5-12(15)7-13(16)6-11/h5-7,10,17H,8-9H2,1-4H3. The van der Waals surface area contributed by atoms with Gasteiger partial charge in [0.2, 0.25) is 0 Å².